The van der Waals surface area contributed by atoms with Crippen molar-refractivity contribution in [1.29, 1.82) is 0 Å². The van der Waals surface area contributed by atoms with E-state index in [1.807, 2.05) is 20.8 Å². The van der Waals surface area contributed by atoms with Crippen LogP contribution in [-0.4, -0.2) is 23.9 Å². The van der Waals surface area contributed by atoms with Crippen LogP contribution < -0.4 is 4.90 Å². The number of rotatable bonds is 4. The minimum Gasteiger partial charge on any atom is -0.453 e. The second-order valence-electron chi connectivity index (χ2n) is 8.07. The molecule has 2 aromatic carbocycles. The lowest BCUT2D eigenvalue weighted by Gasteiger charge is -2.30. The molecule has 0 saturated carbocycles. The SMILES string of the molecule is CC(=O)O[C@H](C)C(=O)N(C(=O)c1ccc(C(F)(F)F)cc1)c1ccccc1C(C)(C)C. The van der Waals surface area contributed by atoms with Crippen LogP contribution in [0.3, 0.4) is 0 Å². The normalized spacial score (nSPS) is 12.8. The van der Waals surface area contributed by atoms with Gasteiger partial charge in [-0.05, 0) is 48.2 Å². The molecule has 0 aliphatic carbocycles. The third-order valence-electron chi connectivity index (χ3n) is 4.53. The Balaban J connectivity index is 2.60. The van der Waals surface area contributed by atoms with Gasteiger partial charge in [0.15, 0.2) is 6.10 Å². The molecule has 5 nitrogen and oxygen atoms in total. The predicted molar refractivity (Wildman–Crippen MR) is 110 cm³/mol. The van der Waals surface area contributed by atoms with Crippen molar-refractivity contribution >= 4 is 23.5 Å². The van der Waals surface area contributed by atoms with Crippen LogP contribution in [0.4, 0.5) is 18.9 Å². The van der Waals surface area contributed by atoms with Crippen molar-refractivity contribution in [2.75, 3.05) is 4.90 Å². The van der Waals surface area contributed by atoms with Crippen molar-refractivity contribution in [3.05, 3.63) is 65.2 Å². The lowest BCUT2D eigenvalue weighted by Crippen LogP contribution is -2.45. The van der Waals surface area contributed by atoms with Gasteiger partial charge in [-0.1, -0.05) is 39.0 Å². The monoisotopic (exact) mass is 435 g/mol. The van der Waals surface area contributed by atoms with E-state index in [0.29, 0.717) is 5.56 Å². The maximum absolute atomic E-state index is 13.3. The molecule has 2 amide bonds. The Bertz CT molecular complexity index is 976. The number of anilines is 1. The molecule has 0 spiro atoms. The summed E-state index contributed by atoms with van der Waals surface area (Å²) in [4.78, 5) is 38.6. The number of halogens is 3. The Hall–Kier alpha value is -3.16. The Labute approximate surface area is 178 Å². The van der Waals surface area contributed by atoms with Crippen molar-refractivity contribution in [3.8, 4) is 0 Å². The summed E-state index contributed by atoms with van der Waals surface area (Å²) in [5, 5.41) is 0. The quantitative estimate of drug-likeness (QED) is 0.625. The van der Waals surface area contributed by atoms with Gasteiger partial charge in [-0.15, -0.1) is 0 Å². The second-order valence-corrected chi connectivity index (χ2v) is 8.07. The highest BCUT2D eigenvalue weighted by atomic mass is 19.4. The van der Waals surface area contributed by atoms with Crippen LogP contribution in [0.1, 0.15) is 56.1 Å². The Morgan fingerprint density at radius 2 is 1.48 bits per heavy atom. The van der Waals surface area contributed by atoms with Crippen molar-refractivity contribution in [1.82, 2.24) is 0 Å². The Kier molecular flexibility index (Phi) is 6.93. The number of imide groups is 1. The summed E-state index contributed by atoms with van der Waals surface area (Å²) < 4.78 is 43.6. The number of alkyl halides is 3. The minimum atomic E-state index is -4.56. The van der Waals surface area contributed by atoms with Crippen LogP contribution in [0.25, 0.3) is 0 Å². The zero-order valence-corrected chi connectivity index (χ0v) is 17.9. The average molecular weight is 435 g/mol. The van der Waals surface area contributed by atoms with E-state index < -0.39 is 41.0 Å². The third-order valence-corrected chi connectivity index (χ3v) is 4.53. The lowest BCUT2D eigenvalue weighted by atomic mass is 9.85. The first-order chi connectivity index (χ1) is 14.2. The lowest BCUT2D eigenvalue weighted by molar-refractivity contribution is -0.151. The molecule has 0 radical (unpaired) electrons. The van der Waals surface area contributed by atoms with Gasteiger partial charge in [-0.2, -0.15) is 13.2 Å². The Morgan fingerprint density at radius 3 is 1.97 bits per heavy atom. The number of benzene rings is 2. The van der Waals surface area contributed by atoms with Crippen LogP contribution in [0.2, 0.25) is 0 Å². The summed E-state index contributed by atoms with van der Waals surface area (Å²) in [5.74, 6) is -2.34. The highest BCUT2D eigenvalue weighted by Crippen LogP contribution is 2.34. The van der Waals surface area contributed by atoms with Gasteiger partial charge < -0.3 is 4.74 Å². The maximum atomic E-state index is 13.3. The molecule has 2 aromatic rings. The average Bonchev–Trinajstić information content (AvgIpc) is 2.66. The first-order valence-electron chi connectivity index (χ1n) is 9.55. The molecule has 0 heterocycles. The fraction of sp³-hybridized carbons (Fsp3) is 0.348. The largest absolute Gasteiger partial charge is 0.453 e. The van der Waals surface area contributed by atoms with E-state index in [9.17, 15) is 27.6 Å². The summed E-state index contributed by atoms with van der Waals surface area (Å²) in [6, 6.07) is 10.3. The summed E-state index contributed by atoms with van der Waals surface area (Å²) in [6.07, 6.45) is -5.83. The summed E-state index contributed by atoms with van der Waals surface area (Å²) >= 11 is 0. The van der Waals surface area contributed by atoms with Gasteiger partial charge in [0, 0.05) is 12.5 Å². The summed E-state index contributed by atoms with van der Waals surface area (Å²) in [5.41, 5.74) is -0.548. The van der Waals surface area contributed by atoms with Gasteiger partial charge >= 0.3 is 12.1 Å². The van der Waals surface area contributed by atoms with Crippen molar-refractivity contribution < 1.29 is 32.3 Å². The van der Waals surface area contributed by atoms with Gasteiger partial charge in [0.1, 0.15) is 0 Å². The fourth-order valence-corrected chi connectivity index (χ4v) is 3.04. The van der Waals surface area contributed by atoms with Crippen molar-refractivity contribution in [3.63, 3.8) is 0 Å². The molecule has 8 heteroatoms. The van der Waals surface area contributed by atoms with Gasteiger partial charge in [0.25, 0.3) is 11.8 Å². The third kappa shape index (κ3) is 5.71. The molecule has 0 bridgehead atoms. The van der Waals surface area contributed by atoms with Crippen molar-refractivity contribution in [2.45, 2.75) is 52.3 Å². The molecule has 166 valence electrons. The second kappa shape index (κ2) is 8.91. The molecule has 0 aromatic heterocycles. The van der Waals surface area contributed by atoms with Gasteiger partial charge in [-0.3, -0.25) is 14.4 Å². The molecule has 31 heavy (non-hydrogen) atoms. The van der Waals surface area contributed by atoms with Crippen LogP contribution in [0, 0.1) is 0 Å². The molecular weight excluding hydrogens is 411 g/mol. The molecule has 0 aliphatic heterocycles. The topological polar surface area (TPSA) is 63.7 Å². The van der Waals surface area contributed by atoms with Crippen LogP contribution >= 0.6 is 0 Å². The van der Waals surface area contributed by atoms with E-state index in [1.54, 1.807) is 24.3 Å². The van der Waals surface area contributed by atoms with Crippen LogP contribution in [0.15, 0.2) is 48.5 Å². The molecule has 0 saturated heterocycles. The van der Waals surface area contributed by atoms with E-state index in [-0.39, 0.29) is 11.3 Å². The zero-order chi connectivity index (χ0) is 23.6. The number of carbonyl (C=O) groups is 3. The van der Waals surface area contributed by atoms with Gasteiger partial charge in [0.2, 0.25) is 0 Å². The van der Waals surface area contributed by atoms with E-state index in [2.05, 4.69) is 0 Å². The molecule has 0 fully saturated rings. The number of hydrogen-bond acceptors (Lipinski definition) is 4. The van der Waals surface area contributed by atoms with Crippen molar-refractivity contribution in [2.24, 2.45) is 0 Å². The number of amides is 2. The molecule has 0 unspecified atom stereocenters. The number of esters is 1. The first kappa shape index (κ1) is 24.1. The standard InChI is InChI=1S/C23H24F3NO4/c1-14(31-15(2)28)20(29)27(19-9-7-6-8-18(19)22(3,4)5)21(30)16-10-12-17(13-11-16)23(24,25)26/h6-14H,1-5H3/t14-/m1/s1. The number of hydrogen-bond donors (Lipinski definition) is 0. The van der Waals surface area contributed by atoms with E-state index >= 15 is 0 Å². The van der Waals surface area contributed by atoms with Crippen LogP contribution in [0.5, 0.6) is 0 Å². The molecular formula is C23H24F3NO4. The maximum Gasteiger partial charge on any atom is 0.416 e. The van der Waals surface area contributed by atoms with Crippen LogP contribution in [-0.2, 0) is 25.9 Å². The number of para-hydroxylation sites is 1. The molecule has 2 rings (SSSR count). The summed E-state index contributed by atoms with van der Waals surface area (Å²) in [7, 11) is 0. The highest BCUT2D eigenvalue weighted by Gasteiger charge is 2.35. The first-order valence-corrected chi connectivity index (χ1v) is 9.55. The minimum absolute atomic E-state index is 0.111. The molecule has 0 aliphatic rings. The Morgan fingerprint density at radius 1 is 0.935 bits per heavy atom. The fourth-order valence-electron chi connectivity index (χ4n) is 3.04. The van der Waals surface area contributed by atoms with Gasteiger partial charge in [-0.25, -0.2) is 4.90 Å². The van der Waals surface area contributed by atoms with Gasteiger partial charge in [0.05, 0.1) is 11.3 Å². The number of ether oxygens (including phenoxy) is 1. The molecule has 1 atom stereocenters. The zero-order valence-electron chi connectivity index (χ0n) is 17.9. The highest BCUT2D eigenvalue weighted by molar-refractivity contribution is 6.22. The molecule has 0 N–H and O–H groups in total. The van der Waals surface area contributed by atoms with E-state index in [1.165, 1.54) is 6.92 Å². The number of carbonyl (C=O) groups excluding carboxylic acids is 3. The predicted octanol–water partition coefficient (Wildman–Crippen LogP) is 5.13. The smallest absolute Gasteiger partial charge is 0.416 e. The van der Waals surface area contributed by atoms with E-state index in [4.69, 9.17) is 4.74 Å². The number of nitrogens with zero attached hydrogens (tertiary/aromatic N) is 1. The summed E-state index contributed by atoms with van der Waals surface area (Å²) in [6.45, 7) is 8.15. The van der Waals surface area contributed by atoms with E-state index in [0.717, 1.165) is 36.1 Å².